The molecule has 32 heavy (non-hydrogen) atoms. The topological polar surface area (TPSA) is 30.9 Å². The third-order valence-electron chi connectivity index (χ3n) is 6.99. The zero-order valence-electron chi connectivity index (χ0n) is 18.5. The number of fused-ring (bicyclic) bond motifs is 3. The summed E-state index contributed by atoms with van der Waals surface area (Å²) in [7, 11) is 2.12. The smallest absolute Gasteiger partial charge is 0.231 e. The predicted molar refractivity (Wildman–Crippen MR) is 128 cm³/mol. The van der Waals surface area contributed by atoms with E-state index >= 15 is 0 Å². The molecule has 3 aromatic carbocycles. The van der Waals surface area contributed by atoms with Crippen molar-refractivity contribution in [3.63, 3.8) is 0 Å². The molecule has 1 spiro atoms. The molecular formula is C28H25NO3. The van der Waals surface area contributed by atoms with Crippen LogP contribution in [0.2, 0.25) is 0 Å². The van der Waals surface area contributed by atoms with Crippen LogP contribution in [0.3, 0.4) is 0 Å². The van der Waals surface area contributed by atoms with E-state index in [1.54, 1.807) is 0 Å². The van der Waals surface area contributed by atoms with Crippen molar-refractivity contribution < 1.29 is 14.2 Å². The summed E-state index contributed by atoms with van der Waals surface area (Å²) < 4.78 is 17.6. The first-order chi connectivity index (χ1) is 15.5. The van der Waals surface area contributed by atoms with Gasteiger partial charge in [0, 0.05) is 18.3 Å². The second-order valence-electron chi connectivity index (χ2n) is 9.08. The van der Waals surface area contributed by atoms with Gasteiger partial charge in [0.2, 0.25) is 12.5 Å². The number of ether oxygens (including phenoxy) is 3. The number of hydrogen-bond donors (Lipinski definition) is 0. The lowest BCUT2D eigenvalue weighted by Crippen LogP contribution is -2.58. The summed E-state index contributed by atoms with van der Waals surface area (Å²) in [6.45, 7) is 4.80. The van der Waals surface area contributed by atoms with E-state index in [-0.39, 0.29) is 12.2 Å². The minimum Gasteiger partial charge on any atom is -0.463 e. The summed E-state index contributed by atoms with van der Waals surface area (Å²) in [5.74, 6) is 2.50. The molecule has 160 valence electrons. The van der Waals surface area contributed by atoms with E-state index in [1.165, 1.54) is 11.3 Å². The van der Waals surface area contributed by atoms with Crippen molar-refractivity contribution in [3.05, 3.63) is 89.0 Å². The minimum atomic E-state index is -0.548. The lowest BCUT2D eigenvalue weighted by Gasteiger charge is -2.45. The fraction of sp³-hybridized carbons (Fsp3) is 0.214. The van der Waals surface area contributed by atoms with E-state index in [9.17, 15) is 0 Å². The quantitative estimate of drug-likeness (QED) is 0.465. The highest BCUT2D eigenvalue weighted by Crippen LogP contribution is 2.54. The summed E-state index contributed by atoms with van der Waals surface area (Å²) in [5.41, 5.74) is 5.06. The summed E-state index contributed by atoms with van der Waals surface area (Å²) in [5, 5.41) is 0. The lowest BCUT2D eigenvalue weighted by molar-refractivity contribution is 0.0582. The van der Waals surface area contributed by atoms with Gasteiger partial charge in [-0.3, -0.25) is 0 Å². The predicted octanol–water partition coefficient (Wildman–Crippen LogP) is 6.12. The normalized spacial score (nSPS) is 21.7. The van der Waals surface area contributed by atoms with E-state index in [4.69, 9.17) is 14.2 Å². The van der Waals surface area contributed by atoms with Crippen molar-refractivity contribution in [3.8, 4) is 17.2 Å². The van der Waals surface area contributed by atoms with Crippen molar-refractivity contribution >= 4 is 23.9 Å². The van der Waals surface area contributed by atoms with Gasteiger partial charge >= 0.3 is 0 Å². The van der Waals surface area contributed by atoms with E-state index in [2.05, 4.69) is 92.6 Å². The Morgan fingerprint density at radius 2 is 1.56 bits per heavy atom. The second-order valence-corrected chi connectivity index (χ2v) is 9.08. The van der Waals surface area contributed by atoms with Gasteiger partial charge in [0.1, 0.15) is 5.75 Å². The summed E-state index contributed by atoms with van der Waals surface area (Å²) in [6, 6.07) is 20.9. The van der Waals surface area contributed by atoms with Crippen LogP contribution in [0.4, 0.5) is 5.69 Å². The Labute approximate surface area is 188 Å². The summed E-state index contributed by atoms with van der Waals surface area (Å²) >= 11 is 0. The molecule has 0 amide bonds. The number of benzene rings is 3. The number of anilines is 1. The Hall–Kier alpha value is -3.66. The van der Waals surface area contributed by atoms with Crippen LogP contribution >= 0.6 is 0 Å². The highest BCUT2D eigenvalue weighted by molar-refractivity contribution is 5.76. The SMILES string of the molecule is CN1c2ccccc2C(C)(C)C12C=Cc1cc(/C=C/c3ccc4c(c3)OCO4)ccc1O2. The summed E-state index contributed by atoms with van der Waals surface area (Å²) in [6.07, 6.45) is 8.60. The van der Waals surface area contributed by atoms with E-state index < -0.39 is 5.72 Å². The number of para-hydroxylation sites is 1. The zero-order valence-corrected chi connectivity index (χ0v) is 18.5. The van der Waals surface area contributed by atoms with Gasteiger partial charge in [-0.25, -0.2) is 0 Å². The van der Waals surface area contributed by atoms with Gasteiger partial charge in [-0.2, -0.15) is 0 Å². The number of likely N-dealkylation sites (N-methyl/N-ethyl adjacent to an activating group) is 1. The van der Waals surface area contributed by atoms with Crippen LogP contribution in [-0.2, 0) is 5.41 Å². The van der Waals surface area contributed by atoms with Crippen LogP contribution in [0.25, 0.3) is 18.2 Å². The van der Waals surface area contributed by atoms with Crippen LogP contribution in [0.5, 0.6) is 17.2 Å². The van der Waals surface area contributed by atoms with Gasteiger partial charge in [-0.15, -0.1) is 0 Å². The van der Waals surface area contributed by atoms with Crippen LogP contribution in [0, 0.1) is 0 Å². The van der Waals surface area contributed by atoms with E-state index in [0.29, 0.717) is 0 Å². The lowest BCUT2D eigenvalue weighted by atomic mass is 9.76. The Balaban J connectivity index is 1.30. The molecule has 0 aliphatic carbocycles. The van der Waals surface area contributed by atoms with Crippen molar-refractivity contribution in [2.75, 3.05) is 18.7 Å². The molecule has 0 saturated heterocycles. The monoisotopic (exact) mass is 423 g/mol. The Bertz CT molecular complexity index is 1290. The Morgan fingerprint density at radius 1 is 0.844 bits per heavy atom. The van der Waals surface area contributed by atoms with Crippen LogP contribution in [0.15, 0.2) is 66.7 Å². The molecule has 0 bridgehead atoms. The molecule has 4 nitrogen and oxygen atoms in total. The van der Waals surface area contributed by atoms with Gasteiger partial charge in [0.05, 0.1) is 5.41 Å². The highest BCUT2D eigenvalue weighted by Gasteiger charge is 2.57. The molecule has 1 unspecified atom stereocenters. The van der Waals surface area contributed by atoms with Crippen molar-refractivity contribution in [1.82, 2.24) is 0 Å². The average molecular weight is 424 g/mol. The molecule has 1 atom stereocenters. The largest absolute Gasteiger partial charge is 0.463 e. The molecule has 0 aromatic heterocycles. The van der Waals surface area contributed by atoms with Crippen molar-refractivity contribution in [1.29, 1.82) is 0 Å². The summed E-state index contributed by atoms with van der Waals surface area (Å²) in [4.78, 5) is 2.26. The average Bonchev–Trinajstić information content (AvgIpc) is 3.34. The molecule has 3 aliphatic rings. The molecule has 4 heteroatoms. The zero-order chi connectivity index (χ0) is 21.9. The van der Waals surface area contributed by atoms with Gasteiger partial charge in [0.25, 0.3) is 0 Å². The van der Waals surface area contributed by atoms with Gasteiger partial charge in [0.15, 0.2) is 11.5 Å². The first-order valence-electron chi connectivity index (χ1n) is 10.9. The fourth-order valence-corrected chi connectivity index (χ4v) is 5.11. The van der Waals surface area contributed by atoms with Gasteiger partial charge < -0.3 is 19.1 Å². The molecule has 0 saturated carbocycles. The Kier molecular flexibility index (Phi) is 3.97. The van der Waals surface area contributed by atoms with E-state index in [1.807, 2.05) is 18.2 Å². The third kappa shape index (κ3) is 2.62. The maximum atomic E-state index is 6.74. The number of rotatable bonds is 2. The molecule has 0 N–H and O–H groups in total. The molecule has 3 aliphatic heterocycles. The maximum Gasteiger partial charge on any atom is 0.231 e. The second kappa shape index (κ2) is 6.67. The van der Waals surface area contributed by atoms with Gasteiger partial charge in [-0.1, -0.05) is 42.5 Å². The fourth-order valence-electron chi connectivity index (χ4n) is 5.11. The van der Waals surface area contributed by atoms with Crippen molar-refractivity contribution in [2.24, 2.45) is 0 Å². The Morgan fingerprint density at radius 3 is 2.38 bits per heavy atom. The highest BCUT2D eigenvalue weighted by atomic mass is 16.7. The molecule has 3 aromatic rings. The first kappa shape index (κ1) is 19.1. The van der Waals surface area contributed by atoms with Crippen LogP contribution in [0.1, 0.15) is 36.1 Å². The molecule has 0 fully saturated rings. The standard InChI is InChI=1S/C28H25NO3/c1-27(2)22-6-4-5-7-23(22)29(3)28(27)15-14-21-16-19(10-12-24(21)32-28)8-9-20-11-13-25-26(17-20)31-18-30-25/h4-17H,18H2,1-3H3/b9-8+. The third-order valence-corrected chi connectivity index (χ3v) is 6.99. The van der Waals surface area contributed by atoms with Crippen LogP contribution < -0.4 is 19.1 Å². The molecular weight excluding hydrogens is 398 g/mol. The van der Waals surface area contributed by atoms with Crippen molar-refractivity contribution in [2.45, 2.75) is 25.0 Å². The van der Waals surface area contributed by atoms with E-state index in [0.717, 1.165) is 33.9 Å². The van der Waals surface area contributed by atoms with Crippen LogP contribution in [-0.4, -0.2) is 19.6 Å². The molecule has 6 rings (SSSR count). The molecule has 0 radical (unpaired) electrons. The van der Waals surface area contributed by atoms with Gasteiger partial charge in [-0.05, 0) is 73.0 Å². The number of hydrogen-bond acceptors (Lipinski definition) is 4. The first-order valence-corrected chi connectivity index (χ1v) is 10.9. The minimum absolute atomic E-state index is 0.190. The maximum absolute atomic E-state index is 6.74. The molecule has 3 heterocycles. The number of nitrogens with zero attached hydrogens (tertiary/aromatic N) is 1.